The SMILES string of the molecule is O=[N+]([O-])c1cccc(/C=N\N2CCN(C3c4ccccc4-c4ccccc43)CC2)c1. The van der Waals surface area contributed by atoms with Gasteiger partial charge in [0.1, 0.15) is 0 Å². The van der Waals surface area contributed by atoms with E-state index in [-0.39, 0.29) is 10.6 Å². The summed E-state index contributed by atoms with van der Waals surface area (Å²) in [7, 11) is 0. The van der Waals surface area contributed by atoms with Crippen molar-refractivity contribution in [1.82, 2.24) is 9.91 Å². The summed E-state index contributed by atoms with van der Waals surface area (Å²) < 4.78 is 0. The molecule has 1 heterocycles. The van der Waals surface area contributed by atoms with Crippen LogP contribution in [0.2, 0.25) is 0 Å². The zero-order chi connectivity index (χ0) is 20.5. The number of hydrogen-bond acceptors (Lipinski definition) is 5. The smallest absolute Gasteiger partial charge is 0.270 e. The van der Waals surface area contributed by atoms with Crippen molar-refractivity contribution in [3.8, 4) is 11.1 Å². The Morgan fingerprint density at radius 3 is 2.13 bits per heavy atom. The van der Waals surface area contributed by atoms with Crippen LogP contribution in [0.1, 0.15) is 22.7 Å². The molecule has 2 aliphatic rings. The van der Waals surface area contributed by atoms with Crippen LogP contribution in [0.5, 0.6) is 0 Å². The molecule has 0 atom stereocenters. The van der Waals surface area contributed by atoms with Crippen LogP contribution in [0.3, 0.4) is 0 Å². The fraction of sp³-hybridized carbons (Fsp3) is 0.208. The van der Waals surface area contributed by atoms with Crippen LogP contribution in [0.4, 0.5) is 5.69 Å². The van der Waals surface area contributed by atoms with Gasteiger partial charge < -0.3 is 0 Å². The first kappa shape index (κ1) is 18.5. The number of nitro groups is 1. The maximum absolute atomic E-state index is 10.9. The van der Waals surface area contributed by atoms with Gasteiger partial charge in [-0.3, -0.25) is 20.0 Å². The molecule has 6 nitrogen and oxygen atoms in total. The van der Waals surface area contributed by atoms with Crippen molar-refractivity contribution >= 4 is 11.9 Å². The second kappa shape index (κ2) is 7.72. The Labute approximate surface area is 175 Å². The van der Waals surface area contributed by atoms with Gasteiger partial charge in [-0.05, 0) is 22.3 Å². The van der Waals surface area contributed by atoms with E-state index in [1.165, 1.54) is 28.3 Å². The van der Waals surface area contributed by atoms with Crippen LogP contribution >= 0.6 is 0 Å². The summed E-state index contributed by atoms with van der Waals surface area (Å²) >= 11 is 0. The molecule has 30 heavy (non-hydrogen) atoms. The van der Waals surface area contributed by atoms with Crippen molar-refractivity contribution in [3.05, 3.63) is 99.6 Å². The molecule has 3 aromatic carbocycles. The van der Waals surface area contributed by atoms with Gasteiger partial charge in [0.15, 0.2) is 0 Å². The minimum atomic E-state index is -0.382. The van der Waals surface area contributed by atoms with Crippen molar-refractivity contribution in [2.24, 2.45) is 5.10 Å². The summed E-state index contributed by atoms with van der Waals surface area (Å²) in [6.07, 6.45) is 1.71. The molecular formula is C24H22N4O2. The number of piperazine rings is 1. The molecule has 0 unspecified atom stereocenters. The number of hydrazone groups is 1. The Morgan fingerprint density at radius 1 is 0.867 bits per heavy atom. The zero-order valence-corrected chi connectivity index (χ0v) is 16.5. The number of fused-ring (bicyclic) bond motifs is 3. The van der Waals surface area contributed by atoms with Crippen molar-refractivity contribution in [2.45, 2.75) is 6.04 Å². The topological polar surface area (TPSA) is 62.0 Å². The van der Waals surface area contributed by atoms with Gasteiger partial charge in [0.2, 0.25) is 0 Å². The Kier molecular flexibility index (Phi) is 4.77. The van der Waals surface area contributed by atoms with Gasteiger partial charge in [-0.1, -0.05) is 60.7 Å². The van der Waals surface area contributed by atoms with E-state index >= 15 is 0 Å². The summed E-state index contributed by atoms with van der Waals surface area (Å²) in [5, 5.41) is 17.5. The third-order valence-corrected chi connectivity index (χ3v) is 5.91. The van der Waals surface area contributed by atoms with Gasteiger partial charge in [0.25, 0.3) is 5.69 Å². The molecule has 150 valence electrons. The Hall–Kier alpha value is -3.51. The standard InChI is InChI=1S/C24H22N4O2/c29-28(30)19-7-5-6-18(16-19)17-25-27-14-12-26(13-15-27)24-22-10-3-1-8-20(22)21-9-2-4-11-23(21)24/h1-11,16-17,24H,12-15H2/b25-17-. The highest BCUT2D eigenvalue weighted by Crippen LogP contribution is 2.46. The second-order valence-corrected chi connectivity index (χ2v) is 7.66. The molecule has 0 aromatic heterocycles. The predicted octanol–water partition coefficient (Wildman–Crippen LogP) is 4.32. The van der Waals surface area contributed by atoms with E-state index in [2.05, 4.69) is 58.5 Å². The lowest BCUT2D eigenvalue weighted by Gasteiger charge is -2.37. The van der Waals surface area contributed by atoms with E-state index in [1.54, 1.807) is 18.3 Å². The summed E-state index contributed by atoms with van der Waals surface area (Å²) in [6.45, 7) is 3.48. The molecule has 1 aliphatic carbocycles. The molecule has 0 amide bonds. The molecule has 0 N–H and O–H groups in total. The number of nitrogens with zero attached hydrogens (tertiary/aromatic N) is 4. The fourth-order valence-corrected chi connectivity index (χ4v) is 4.47. The molecule has 6 heteroatoms. The van der Waals surface area contributed by atoms with E-state index in [1.807, 2.05) is 11.1 Å². The minimum Gasteiger partial charge on any atom is -0.294 e. The zero-order valence-electron chi connectivity index (χ0n) is 16.5. The molecule has 3 aromatic rings. The molecule has 0 radical (unpaired) electrons. The molecule has 1 fully saturated rings. The molecule has 0 bridgehead atoms. The second-order valence-electron chi connectivity index (χ2n) is 7.66. The van der Waals surface area contributed by atoms with Gasteiger partial charge >= 0.3 is 0 Å². The van der Waals surface area contributed by atoms with Crippen LogP contribution in [0.15, 0.2) is 77.9 Å². The summed E-state index contributed by atoms with van der Waals surface area (Å²) in [6, 6.07) is 24.2. The number of hydrogen-bond donors (Lipinski definition) is 0. The van der Waals surface area contributed by atoms with Gasteiger partial charge in [0.05, 0.1) is 17.2 Å². The summed E-state index contributed by atoms with van der Waals surface area (Å²) in [4.78, 5) is 13.1. The van der Waals surface area contributed by atoms with Crippen molar-refractivity contribution < 1.29 is 4.92 Å². The number of rotatable bonds is 4. The Morgan fingerprint density at radius 2 is 1.50 bits per heavy atom. The average molecular weight is 398 g/mol. The first-order valence-electron chi connectivity index (χ1n) is 10.2. The van der Waals surface area contributed by atoms with Crippen LogP contribution < -0.4 is 0 Å². The summed E-state index contributed by atoms with van der Waals surface area (Å²) in [5.74, 6) is 0. The van der Waals surface area contributed by atoms with Gasteiger partial charge in [0, 0.05) is 43.9 Å². The van der Waals surface area contributed by atoms with Crippen molar-refractivity contribution in [1.29, 1.82) is 0 Å². The van der Waals surface area contributed by atoms with E-state index < -0.39 is 0 Å². The van der Waals surface area contributed by atoms with E-state index in [9.17, 15) is 10.1 Å². The predicted molar refractivity (Wildman–Crippen MR) is 118 cm³/mol. The van der Waals surface area contributed by atoms with Gasteiger partial charge in [-0.25, -0.2) is 0 Å². The highest BCUT2D eigenvalue weighted by atomic mass is 16.6. The lowest BCUT2D eigenvalue weighted by molar-refractivity contribution is -0.384. The summed E-state index contributed by atoms with van der Waals surface area (Å²) in [5.41, 5.74) is 6.26. The average Bonchev–Trinajstić information content (AvgIpc) is 3.13. The molecule has 5 rings (SSSR count). The van der Waals surface area contributed by atoms with Gasteiger partial charge in [-0.2, -0.15) is 5.10 Å². The van der Waals surface area contributed by atoms with Crippen LogP contribution in [0, 0.1) is 10.1 Å². The van der Waals surface area contributed by atoms with Crippen molar-refractivity contribution in [2.75, 3.05) is 26.2 Å². The molecule has 0 saturated carbocycles. The largest absolute Gasteiger partial charge is 0.294 e. The van der Waals surface area contributed by atoms with E-state index in [4.69, 9.17) is 0 Å². The molecular weight excluding hydrogens is 376 g/mol. The van der Waals surface area contributed by atoms with Crippen molar-refractivity contribution in [3.63, 3.8) is 0 Å². The third kappa shape index (κ3) is 3.35. The number of benzene rings is 3. The fourth-order valence-electron chi connectivity index (χ4n) is 4.47. The maximum Gasteiger partial charge on any atom is 0.270 e. The lowest BCUT2D eigenvalue weighted by Crippen LogP contribution is -2.45. The Bertz CT molecular complexity index is 1070. The molecule has 0 spiro atoms. The number of nitro benzene ring substituents is 1. The maximum atomic E-state index is 10.9. The quantitative estimate of drug-likeness (QED) is 0.373. The molecule has 1 saturated heterocycles. The van der Waals surface area contributed by atoms with Gasteiger partial charge in [-0.15, -0.1) is 0 Å². The monoisotopic (exact) mass is 398 g/mol. The minimum absolute atomic E-state index is 0.0855. The lowest BCUT2D eigenvalue weighted by atomic mass is 10.0. The first-order chi connectivity index (χ1) is 14.7. The highest BCUT2D eigenvalue weighted by Gasteiger charge is 2.33. The van der Waals surface area contributed by atoms with E-state index in [0.717, 1.165) is 31.7 Å². The first-order valence-corrected chi connectivity index (χ1v) is 10.2. The highest BCUT2D eigenvalue weighted by molar-refractivity contribution is 5.80. The molecule has 1 aliphatic heterocycles. The Balaban J connectivity index is 1.30. The van der Waals surface area contributed by atoms with Crippen LogP contribution in [-0.2, 0) is 0 Å². The van der Waals surface area contributed by atoms with Crippen LogP contribution in [-0.4, -0.2) is 47.2 Å². The number of non-ortho nitro benzene ring substituents is 1. The third-order valence-electron chi connectivity index (χ3n) is 5.91. The normalized spacial score (nSPS) is 16.6. The van der Waals surface area contributed by atoms with Crippen LogP contribution in [0.25, 0.3) is 11.1 Å². The van der Waals surface area contributed by atoms with E-state index in [0.29, 0.717) is 6.04 Å².